The Hall–Kier alpha value is -1.76. The first kappa shape index (κ1) is 12.7. The summed E-state index contributed by atoms with van der Waals surface area (Å²) in [5.74, 6) is 1.03. The normalized spacial score (nSPS) is 10.3. The van der Waals surface area contributed by atoms with Gasteiger partial charge in [0.15, 0.2) is 0 Å². The molecule has 0 aliphatic rings. The van der Waals surface area contributed by atoms with Crippen molar-refractivity contribution in [3.05, 3.63) is 54.1 Å². The summed E-state index contributed by atoms with van der Waals surface area (Å²) in [5.41, 5.74) is 3.60. The zero-order valence-electron chi connectivity index (χ0n) is 11.1. The molecule has 2 aromatic carbocycles. The summed E-state index contributed by atoms with van der Waals surface area (Å²) >= 11 is 0. The molecule has 18 heavy (non-hydrogen) atoms. The molecule has 94 valence electrons. The lowest BCUT2D eigenvalue weighted by molar-refractivity contribution is 0.308. The van der Waals surface area contributed by atoms with Crippen molar-refractivity contribution in [2.75, 3.05) is 6.61 Å². The monoisotopic (exact) mass is 240 g/mol. The summed E-state index contributed by atoms with van der Waals surface area (Å²) in [6, 6.07) is 16.7. The number of hydrogen-bond acceptors (Lipinski definition) is 1. The fraction of sp³-hybridized carbons (Fsp3) is 0.294. The van der Waals surface area contributed by atoms with Crippen molar-refractivity contribution < 1.29 is 4.74 Å². The molecule has 0 bridgehead atoms. The molecule has 0 unspecified atom stereocenters. The molecule has 0 saturated carbocycles. The van der Waals surface area contributed by atoms with Crippen LogP contribution in [0.1, 0.15) is 25.3 Å². The van der Waals surface area contributed by atoms with Gasteiger partial charge in [-0.1, -0.05) is 61.9 Å². The number of hydrogen-bond donors (Lipinski definition) is 0. The largest absolute Gasteiger partial charge is 0.493 e. The molecule has 0 radical (unpaired) electrons. The predicted molar refractivity (Wildman–Crippen MR) is 77.0 cm³/mol. The van der Waals surface area contributed by atoms with Crippen molar-refractivity contribution in [3.8, 4) is 16.9 Å². The quantitative estimate of drug-likeness (QED) is 0.679. The number of para-hydroxylation sites is 1. The number of rotatable bonds is 5. The van der Waals surface area contributed by atoms with E-state index in [-0.39, 0.29) is 0 Å². The fourth-order valence-electron chi connectivity index (χ4n) is 2.01. The van der Waals surface area contributed by atoms with E-state index in [1.807, 2.05) is 6.07 Å². The molecule has 0 saturated heterocycles. The Balaban J connectivity index is 2.32. The number of benzene rings is 2. The standard InChI is InChI=1S/C17H20O/c1-3-4-13-18-17-14(2)9-8-12-16(17)15-10-6-5-7-11-15/h5-12H,3-4,13H2,1-2H3. The first-order chi connectivity index (χ1) is 8.83. The van der Waals surface area contributed by atoms with Crippen LogP contribution in [0.2, 0.25) is 0 Å². The predicted octanol–water partition coefficient (Wildman–Crippen LogP) is 4.84. The Kier molecular flexibility index (Phi) is 4.40. The van der Waals surface area contributed by atoms with Gasteiger partial charge >= 0.3 is 0 Å². The smallest absolute Gasteiger partial charge is 0.130 e. The third-order valence-electron chi connectivity index (χ3n) is 3.04. The molecule has 0 atom stereocenters. The highest BCUT2D eigenvalue weighted by atomic mass is 16.5. The second kappa shape index (κ2) is 6.25. The summed E-state index contributed by atoms with van der Waals surface area (Å²) < 4.78 is 5.96. The Morgan fingerprint density at radius 2 is 1.72 bits per heavy atom. The Bertz CT molecular complexity index is 488. The van der Waals surface area contributed by atoms with Crippen LogP contribution in [0, 0.1) is 6.92 Å². The van der Waals surface area contributed by atoms with E-state index in [1.54, 1.807) is 0 Å². The second-order valence-electron chi connectivity index (χ2n) is 4.52. The highest BCUT2D eigenvalue weighted by Gasteiger charge is 2.08. The van der Waals surface area contributed by atoms with Crippen molar-refractivity contribution in [1.29, 1.82) is 0 Å². The average molecular weight is 240 g/mol. The minimum absolute atomic E-state index is 0.793. The minimum Gasteiger partial charge on any atom is -0.493 e. The maximum atomic E-state index is 5.96. The molecule has 0 aliphatic heterocycles. The van der Waals surface area contributed by atoms with Crippen molar-refractivity contribution in [2.24, 2.45) is 0 Å². The van der Waals surface area contributed by atoms with Crippen molar-refractivity contribution in [1.82, 2.24) is 0 Å². The van der Waals surface area contributed by atoms with Crippen LogP contribution >= 0.6 is 0 Å². The van der Waals surface area contributed by atoms with Gasteiger partial charge in [0.05, 0.1) is 6.61 Å². The highest BCUT2D eigenvalue weighted by molar-refractivity contribution is 5.71. The zero-order chi connectivity index (χ0) is 12.8. The van der Waals surface area contributed by atoms with Crippen LogP contribution < -0.4 is 4.74 Å². The third kappa shape index (κ3) is 2.92. The molecule has 0 amide bonds. The number of aryl methyl sites for hydroxylation is 1. The topological polar surface area (TPSA) is 9.23 Å². The Labute approximate surface area is 109 Å². The summed E-state index contributed by atoms with van der Waals surface area (Å²) in [4.78, 5) is 0. The van der Waals surface area contributed by atoms with Gasteiger partial charge in [-0.3, -0.25) is 0 Å². The Morgan fingerprint density at radius 1 is 0.944 bits per heavy atom. The van der Waals surface area contributed by atoms with Crippen LogP contribution in [0.4, 0.5) is 0 Å². The van der Waals surface area contributed by atoms with E-state index in [2.05, 4.69) is 56.3 Å². The van der Waals surface area contributed by atoms with Gasteiger partial charge in [0.2, 0.25) is 0 Å². The number of unbranched alkanes of at least 4 members (excludes halogenated alkanes) is 1. The maximum Gasteiger partial charge on any atom is 0.130 e. The van der Waals surface area contributed by atoms with Crippen LogP contribution in [0.25, 0.3) is 11.1 Å². The van der Waals surface area contributed by atoms with Gasteiger partial charge in [0.1, 0.15) is 5.75 Å². The van der Waals surface area contributed by atoms with E-state index >= 15 is 0 Å². The molecular weight excluding hydrogens is 220 g/mol. The van der Waals surface area contributed by atoms with Crippen LogP contribution in [-0.2, 0) is 0 Å². The summed E-state index contributed by atoms with van der Waals surface area (Å²) in [6.45, 7) is 5.08. The van der Waals surface area contributed by atoms with E-state index in [9.17, 15) is 0 Å². The number of ether oxygens (including phenoxy) is 1. The summed E-state index contributed by atoms with van der Waals surface area (Å²) in [6.07, 6.45) is 2.26. The van der Waals surface area contributed by atoms with Crippen molar-refractivity contribution in [2.45, 2.75) is 26.7 Å². The maximum absolute atomic E-state index is 5.96. The van der Waals surface area contributed by atoms with E-state index in [4.69, 9.17) is 4.74 Å². The molecular formula is C17H20O. The lowest BCUT2D eigenvalue weighted by Gasteiger charge is -2.14. The summed E-state index contributed by atoms with van der Waals surface area (Å²) in [7, 11) is 0. The Morgan fingerprint density at radius 3 is 2.44 bits per heavy atom. The van der Waals surface area contributed by atoms with Gasteiger partial charge in [0, 0.05) is 5.56 Å². The highest BCUT2D eigenvalue weighted by Crippen LogP contribution is 2.32. The van der Waals surface area contributed by atoms with E-state index in [0.29, 0.717) is 0 Å². The van der Waals surface area contributed by atoms with Gasteiger partial charge in [-0.15, -0.1) is 0 Å². The van der Waals surface area contributed by atoms with Crippen LogP contribution in [-0.4, -0.2) is 6.61 Å². The van der Waals surface area contributed by atoms with Gasteiger partial charge in [0.25, 0.3) is 0 Å². The molecule has 2 aromatic rings. The van der Waals surface area contributed by atoms with Gasteiger partial charge in [-0.25, -0.2) is 0 Å². The van der Waals surface area contributed by atoms with Crippen LogP contribution in [0.5, 0.6) is 5.75 Å². The van der Waals surface area contributed by atoms with Gasteiger partial charge < -0.3 is 4.74 Å². The first-order valence-electron chi connectivity index (χ1n) is 6.60. The second-order valence-corrected chi connectivity index (χ2v) is 4.52. The van der Waals surface area contributed by atoms with Crippen LogP contribution in [0.3, 0.4) is 0 Å². The van der Waals surface area contributed by atoms with Crippen molar-refractivity contribution >= 4 is 0 Å². The fourth-order valence-corrected chi connectivity index (χ4v) is 2.01. The lowest BCUT2D eigenvalue weighted by Crippen LogP contribution is -2.00. The molecule has 2 rings (SSSR count). The first-order valence-corrected chi connectivity index (χ1v) is 6.60. The molecule has 0 aromatic heterocycles. The molecule has 0 N–H and O–H groups in total. The zero-order valence-corrected chi connectivity index (χ0v) is 11.1. The van der Waals surface area contributed by atoms with Gasteiger partial charge in [-0.2, -0.15) is 0 Å². The summed E-state index contributed by atoms with van der Waals surface area (Å²) in [5, 5.41) is 0. The molecule has 1 nitrogen and oxygen atoms in total. The molecule has 0 heterocycles. The van der Waals surface area contributed by atoms with Crippen molar-refractivity contribution in [3.63, 3.8) is 0 Å². The van der Waals surface area contributed by atoms with Crippen LogP contribution in [0.15, 0.2) is 48.5 Å². The molecule has 0 aliphatic carbocycles. The SMILES string of the molecule is CCCCOc1c(C)cccc1-c1ccccc1. The van der Waals surface area contributed by atoms with Gasteiger partial charge in [-0.05, 0) is 24.5 Å². The van der Waals surface area contributed by atoms with E-state index in [0.717, 1.165) is 25.2 Å². The van der Waals surface area contributed by atoms with E-state index in [1.165, 1.54) is 16.7 Å². The molecule has 1 heteroatoms. The molecule has 0 spiro atoms. The minimum atomic E-state index is 0.793. The lowest BCUT2D eigenvalue weighted by atomic mass is 10.0. The third-order valence-corrected chi connectivity index (χ3v) is 3.04. The average Bonchev–Trinajstić information content (AvgIpc) is 2.42. The van der Waals surface area contributed by atoms with E-state index < -0.39 is 0 Å². The molecule has 0 fully saturated rings.